The first-order valence-corrected chi connectivity index (χ1v) is 7.33. The Labute approximate surface area is 123 Å². The van der Waals surface area contributed by atoms with Crippen molar-refractivity contribution in [3.05, 3.63) is 35.4 Å². The van der Waals surface area contributed by atoms with Crippen LogP contribution in [0.2, 0.25) is 0 Å². The van der Waals surface area contributed by atoms with Crippen molar-refractivity contribution in [1.82, 2.24) is 5.06 Å². The second-order valence-corrected chi connectivity index (χ2v) is 5.08. The molecule has 5 nitrogen and oxygen atoms in total. The van der Waals surface area contributed by atoms with E-state index in [1.807, 2.05) is 0 Å². The fraction of sp³-hybridized carbons (Fsp3) is 0.438. The van der Waals surface area contributed by atoms with Gasteiger partial charge in [0, 0.05) is 6.42 Å². The smallest absolute Gasteiger partial charge is 0.330 e. The normalized spacial score (nSPS) is 13.5. The molecular formula is C16H19NO4. The van der Waals surface area contributed by atoms with E-state index in [1.54, 1.807) is 24.3 Å². The van der Waals surface area contributed by atoms with Gasteiger partial charge in [0.15, 0.2) is 0 Å². The summed E-state index contributed by atoms with van der Waals surface area (Å²) in [5, 5.41) is 0.568. The molecule has 0 unspecified atom stereocenters. The van der Waals surface area contributed by atoms with Gasteiger partial charge in [-0.15, -0.1) is 0 Å². The monoisotopic (exact) mass is 289 g/mol. The van der Waals surface area contributed by atoms with Gasteiger partial charge in [-0.2, -0.15) is 0 Å². The maximum absolute atomic E-state index is 12.0. The molecule has 1 aromatic carbocycles. The summed E-state index contributed by atoms with van der Waals surface area (Å²) >= 11 is 0. The summed E-state index contributed by atoms with van der Waals surface area (Å²) in [5.41, 5.74) is 0.552. The van der Waals surface area contributed by atoms with Gasteiger partial charge in [0.1, 0.15) is 0 Å². The van der Waals surface area contributed by atoms with Crippen molar-refractivity contribution < 1.29 is 19.2 Å². The molecule has 0 atom stereocenters. The number of imide groups is 1. The van der Waals surface area contributed by atoms with Crippen LogP contribution in [0.5, 0.6) is 0 Å². The Morgan fingerprint density at radius 2 is 1.57 bits per heavy atom. The number of unbranched alkanes of at least 4 members (excludes halogenated alkanes) is 4. The average molecular weight is 289 g/mol. The number of rotatable bonds is 7. The summed E-state index contributed by atoms with van der Waals surface area (Å²) in [7, 11) is 0. The largest absolute Gasteiger partial charge is 0.333 e. The maximum atomic E-state index is 12.0. The van der Waals surface area contributed by atoms with Gasteiger partial charge in [-0.05, 0) is 18.6 Å². The lowest BCUT2D eigenvalue weighted by Gasteiger charge is -2.12. The van der Waals surface area contributed by atoms with Crippen LogP contribution < -0.4 is 0 Å². The predicted octanol–water partition coefficient (Wildman–Crippen LogP) is 3.10. The molecule has 2 rings (SSSR count). The van der Waals surface area contributed by atoms with Crippen molar-refractivity contribution in [2.24, 2.45) is 0 Å². The Bertz CT molecular complexity index is 518. The van der Waals surface area contributed by atoms with Gasteiger partial charge in [0.2, 0.25) is 0 Å². The third kappa shape index (κ3) is 3.48. The molecule has 0 N–H and O–H groups in total. The first-order valence-electron chi connectivity index (χ1n) is 7.33. The second kappa shape index (κ2) is 7.02. The third-order valence-electron chi connectivity index (χ3n) is 3.43. The van der Waals surface area contributed by atoms with Gasteiger partial charge in [-0.1, -0.05) is 49.8 Å². The topological polar surface area (TPSA) is 63.7 Å². The van der Waals surface area contributed by atoms with Crippen LogP contribution in [-0.4, -0.2) is 22.8 Å². The van der Waals surface area contributed by atoms with Crippen molar-refractivity contribution in [2.45, 2.75) is 45.4 Å². The van der Waals surface area contributed by atoms with Crippen LogP contribution in [0.1, 0.15) is 66.2 Å². The van der Waals surface area contributed by atoms with Crippen molar-refractivity contribution >= 4 is 17.8 Å². The third-order valence-corrected chi connectivity index (χ3v) is 3.43. The van der Waals surface area contributed by atoms with Crippen LogP contribution in [0.25, 0.3) is 0 Å². The minimum atomic E-state index is -0.574. The van der Waals surface area contributed by atoms with E-state index >= 15 is 0 Å². The number of hydroxylamine groups is 2. The summed E-state index contributed by atoms with van der Waals surface area (Å²) in [4.78, 5) is 40.6. The minimum absolute atomic E-state index is 0.219. The van der Waals surface area contributed by atoms with Crippen LogP contribution in [0.15, 0.2) is 24.3 Å². The van der Waals surface area contributed by atoms with Crippen molar-refractivity contribution in [3.8, 4) is 0 Å². The number of hydrogen-bond donors (Lipinski definition) is 0. The van der Waals surface area contributed by atoms with Gasteiger partial charge >= 0.3 is 5.97 Å². The van der Waals surface area contributed by atoms with Crippen LogP contribution in [0.4, 0.5) is 0 Å². The molecule has 0 spiro atoms. The highest BCUT2D eigenvalue weighted by molar-refractivity contribution is 6.20. The number of carbonyl (C=O) groups excluding carboxylic acids is 3. The molecule has 0 bridgehead atoms. The second-order valence-electron chi connectivity index (χ2n) is 5.08. The molecule has 0 aromatic heterocycles. The van der Waals surface area contributed by atoms with E-state index in [-0.39, 0.29) is 17.5 Å². The number of nitrogens with zero attached hydrogens (tertiary/aromatic N) is 1. The van der Waals surface area contributed by atoms with Crippen molar-refractivity contribution in [1.29, 1.82) is 0 Å². The quantitative estimate of drug-likeness (QED) is 0.571. The van der Waals surface area contributed by atoms with Crippen LogP contribution in [-0.2, 0) is 9.63 Å². The Morgan fingerprint density at radius 3 is 2.14 bits per heavy atom. The molecule has 1 aliphatic rings. The molecule has 0 saturated heterocycles. The van der Waals surface area contributed by atoms with Gasteiger partial charge in [0.05, 0.1) is 11.1 Å². The Balaban J connectivity index is 1.86. The first kappa shape index (κ1) is 15.2. The number of fused-ring (bicyclic) bond motifs is 1. The highest BCUT2D eigenvalue weighted by atomic mass is 16.7. The number of hydrogen-bond acceptors (Lipinski definition) is 4. The van der Waals surface area contributed by atoms with Gasteiger partial charge < -0.3 is 4.84 Å². The molecule has 0 saturated carbocycles. The first-order chi connectivity index (χ1) is 10.1. The average Bonchev–Trinajstić information content (AvgIpc) is 2.73. The lowest BCUT2D eigenvalue weighted by Crippen LogP contribution is -2.32. The maximum Gasteiger partial charge on any atom is 0.333 e. The van der Waals surface area contributed by atoms with E-state index in [4.69, 9.17) is 4.84 Å². The van der Waals surface area contributed by atoms with Crippen LogP contribution >= 0.6 is 0 Å². The number of carbonyl (C=O) groups is 3. The Morgan fingerprint density at radius 1 is 1.00 bits per heavy atom. The summed E-state index contributed by atoms with van der Waals surface area (Å²) in [6, 6.07) is 6.44. The van der Waals surface area contributed by atoms with Crippen LogP contribution in [0.3, 0.4) is 0 Å². The summed E-state index contributed by atoms with van der Waals surface area (Å²) in [6.45, 7) is 2.12. The molecule has 1 aliphatic heterocycles. The van der Waals surface area contributed by atoms with E-state index in [9.17, 15) is 14.4 Å². The number of benzene rings is 1. The molecule has 2 amide bonds. The van der Waals surface area contributed by atoms with Gasteiger partial charge in [-0.3, -0.25) is 9.59 Å². The standard InChI is InChI=1S/C16H19NO4/c1-2-3-4-5-6-11-14(18)21-17-15(19)12-9-7-8-10-13(12)16(17)20/h7-10H,2-6,11H2,1H3. The lowest BCUT2D eigenvalue weighted by molar-refractivity contribution is -0.168. The Kier molecular flexibility index (Phi) is 5.09. The summed E-state index contributed by atoms with van der Waals surface area (Å²) in [6.07, 6.45) is 5.24. The fourth-order valence-electron chi connectivity index (χ4n) is 2.27. The van der Waals surface area contributed by atoms with E-state index in [2.05, 4.69) is 6.92 Å². The van der Waals surface area contributed by atoms with Crippen molar-refractivity contribution in [2.75, 3.05) is 0 Å². The van der Waals surface area contributed by atoms with Gasteiger partial charge in [-0.25, -0.2) is 4.79 Å². The molecular weight excluding hydrogens is 270 g/mol. The van der Waals surface area contributed by atoms with E-state index in [0.717, 1.165) is 25.7 Å². The molecule has 0 aliphatic carbocycles. The summed E-state index contributed by atoms with van der Waals surface area (Å²) in [5.74, 6) is -1.69. The highest BCUT2D eigenvalue weighted by Gasteiger charge is 2.38. The lowest BCUT2D eigenvalue weighted by atomic mass is 10.1. The molecule has 1 aromatic rings. The molecule has 112 valence electrons. The molecule has 21 heavy (non-hydrogen) atoms. The van der Waals surface area contributed by atoms with E-state index < -0.39 is 17.8 Å². The molecule has 1 heterocycles. The van der Waals surface area contributed by atoms with E-state index in [0.29, 0.717) is 11.5 Å². The molecule has 0 radical (unpaired) electrons. The predicted molar refractivity (Wildman–Crippen MR) is 76.4 cm³/mol. The van der Waals surface area contributed by atoms with Gasteiger partial charge in [0.25, 0.3) is 11.8 Å². The van der Waals surface area contributed by atoms with Crippen LogP contribution in [0, 0.1) is 0 Å². The minimum Gasteiger partial charge on any atom is -0.330 e. The SMILES string of the molecule is CCCCCCCC(=O)ON1C(=O)c2ccccc2C1=O. The zero-order valence-electron chi connectivity index (χ0n) is 12.1. The zero-order chi connectivity index (χ0) is 15.2. The fourth-order valence-corrected chi connectivity index (χ4v) is 2.27. The summed E-state index contributed by atoms with van der Waals surface area (Å²) < 4.78 is 0. The van der Waals surface area contributed by atoms with E-state index in [1.165, 1.54) is 0 Å². The molecule has 5 heteroatoms. The molecule has 0 fully saturated rings. The van der Waals surface area contributed by atoms with Crippen molar-refractivity contribution in [3.63, 3.8) is 0 Å². The number of amides is 2. The Hall–Kier alpha value is -2.17. The zero-order valence-corrected chi connectivity index (χ0v) is 12.1. The highest BCUT2D eigenvalue weighted by Crippen LogP contribution is 2.23.